The molecule has 1 N–H and O–H groups in total. The number of carboxylic acid groups (broad SMARTS) is 1. The van der Waals surface area contributed by atoms with Crippen LogP contribution < -0.4 is 0 Å². The Hall–Kier alpha value is -2.33. The molecule has 4 heteroatoms. The first-order chi connectivity index (χ1) is 10.7. The fourth-order valence-electron chi connectivity index (χ4n) is 1.78. The molecular formula is C18H17NO2S. The minimum absolute atomic E-state index is 0.0292. The van der Waals surface area contributed by atoms with Gasteiger partial charge in [-0.25, -0.2) is 0 Å². The number of nitrogens with zero attached hydrogens (tertiary/aromatic N) is 1. The summed E-state index contributed by atoms with van der Waals surface area (Å²) in [5.74, 6) is -0.801. The summed E-state index contributed by atoms with van der Waals surface area (Å²) < 4.78 is 0. The van der Waals surface area contributed by atoms with Gasteiger partial charge in [0.25, 0.3) is 0 Å². The molecule has 0 amide bonds. The molecule has 0 spiro atoms. The van der Waals surface area contributed by atoms with Gasteiger partial charge < -0.3 is 5.11 Å². The molecule has 0 atom stereocenters. The lowest BCUT2D eigenvalue weighted by molar-refractivity contribution is -0.133. The fraction of sp³-hybridized carbons (Fsp3) is 0.111. The fourth-order valence-corrected chi connectivity index (χ4v) is 2.40. The molecule has 0 bridgehead atoms. The molecule has 2 aromatic rings. The van der Waals surface area contributed by atoms with Crippen molar-refractivity contribution in [3.05, 3.63) is 77.2 Å². The van der Waals surface area contributed by atoms with Crippen molar-refractivity contribution in [2.45, 2.75) is 6.42 Å². The van der Waals surface area contributed by atoms with E-state index in [2.05, 4.69) is 4.99 Å². The Labute approximate surface area is 134 Å². The van der Waals surface area contributed by atoms with Crippen molar-refractivity contribution in [2.75, 3.05) is 5.75 Å². The molecule has 0 heterocycles. The standard InChI is InChI=1S/C18H17NO2S/c20-18(21)14-22-17(12-11-15-7-3-1-4-8-15)13-19-16-9-5-2-6-10-16/h1-10,12-13H,11,14H2,(H,20,21)/b17-12-,19-13?. The summed E-state index contributed by atoms with van der Waals surface area (Å²) in [6.07, 6.45) is 4.49. The summed E-state index contributed by atoms with van der Waals surface area (Å²) in [4.78, 5) is 16.0. The van der Waals surface area contributed by atoms with Gasteiger partial charge in [-0.1, -0.05) is 54.6 Å². The van der Waals surface area contributed by atoms with Gasteiger partial charge in [0.05, 0.1) is 11.4 Å². The smallest absolute Gasteiger partial charge is 0.313 e. The van der Waals surface area contributed by atoms with E-state index in [9.17, 15) is 4.79 Å². The average molecular weight is 311 g/mol. The van der Waals surface area contributed by atoms with Gasteiger partial charge in [-0.05, 0) is 24.1 Å². The van der Waals surface area contributed by atoms with Crippen LogP contribution in [0.25, 0.3) is 0 Å². The number of aliphatic carboxylic acids is 1. The first-order valence-corrected chi connectivity index (χ1v) is 7.90. The van der Waals surface area contributed by atoms with Crippen LogP contribution in [0.5, 0.6) is 0 Å². The number of aliphatic imine (C=N–C) groups is 1. The number of para-hydroxylation sites is 1. The SMILES string of the molecule is O=C(O)CS/C(C=Nc1ccccc1)=C\Cc1ccccc1. The third-order valence-corrected chi connectivity index (χ3v) is 3.84. The summed E-state index contributed by atoms with van der Waals surface area (Å²) in [6, 6.07) is 19.6. The Balaban J connectivity index is 2.08. The lowest BCUT2D eigenvalue weighted by atomic mass is 10.1. The topological polar surface area (TPSA) is 49.7 Å². The number of carbonyl (C=O) groups is 1. The highest BCUT2D eigenvalue weighted by molar-refractivity contribution is 8.04. The number of allylic oxidation sites excluding steroid dienone is 2. The van der Waals surface area contributed by atoms with Gasteiger partial charge in [0.1, 0.15) is 0 Å². The van der Waals surface area contributed by atoms with E-state index in [1.165, 1.54) is 17.3 Å². The first-order valence-electron chi connectivity index (χ1n) is 6.92. The number of hydrogen-bond acceptors (Lipinski definition) is 3. The molecule has 112 valence electrons. The molecule has 0 aliphatic heterocycles. The second-order valence-corrected chi connectivity index (χ2v) is 5.62. The molecule has 0 radical (unpaired) electrons. The molecule has 0 saturated heterocycles. The highest BCUT2D eigenvalue weighted by atomic mass is 32.2. The molecule has 0 saturated carbocycles. The molecule has 0 aromatic heterocycles. The zero-order valence-corrected chi connectivity index (χ0v) is 12.9. The van der Waals surface area contributed by atoms with Crippen LogP contribution in [0.4, 0.5) is 5.69 Å². The first kappa shape index (κ1) is 16.0. The van der Waals surface area contributed by atoms with E-state index in [1.54, 1.807) is 6.21 Å². The van der Waals surface area contributed by atoms with Gasteiger partial charge in [-0.15, -0.1) is 11.8 Å². The maximum absolute atomic E-state index is 10.8. The predicted octanol–water partition coefficient (Wildman–Crippen LogP) is 4.33. The second-order valence-electron chi connectivity index (χ2n) is 4.57. The van der Waals surface area contributed by atoms with Gasteiger partial charge in [0, 0.05) is 11.1 Å². The molecule has 2 rings (SSSR count). The normalized spacial score (nSPS) is 11.7. The van der Waals surface area contributed by atoms with Crippen LogP contribution in [0.3, 0.4) is 0 Å². The van der Waals surface area contributed by atoms with Crippen molar-refractivity contribution in [1.29, 1.82) is 0 Å². The van der Waals surface area contributed by atoms with E-state index < -0.39 is 5.97 Å². The Bertz CT molecular complexity index is 651. The zero-order chi connectivity index (χ0) is 15.6. The maximum atomic E-state index is 10.8. The number of benzene rings is 2. The number of thioether (sulfide) groups is 1. The Morgan fingerprint density at radius 2 is 1.68 bits per heavy atom. The van der Waals surface area contributed by atoms with Crippen molar-refractivity contribution in [2.24, 2.45) is 4.99 Å². The highest BCUT2D eigenvalue weighted by Gasteiger charge is 2.01. The largest absolute Gasteiger partial charge is 0.481 e. The molecule has 3 nitrogen and oxygen atoms in total. The minimum Gasteiger partial charge on any atom is -0.481 e. The van der Waals surface area contributed by atoms with E-state index in [0.29, 0.717) is 0 Å². The van der Waals surface area contributed by atoms with Crippen LogP contribution in [0.2, 0.25) is 0 Å². The third kappa shape index (κ3) is 5.97. The van der Waals surface area contributed by atoms with Gasteiger partial charge in [0.15, 0.2) is 0 Å². The summed E-state index contributed by atoms with van der Waals surface area (Å²) in [5, 5.41) is 8.84. The van der Waals surface area contributed by atoms with Gasteiger partial charge in [0.2, 0.25) is 0 Å². The summed E-state index contributed by atoms with van der Waals surface area (Å²) in [6.45, 7) is 0. The molecule has 0 fully saturated rings. The monoisotopic (exact) mass is 311 g/mol. The Morgan fingerprint density at radius 3 is 2.32 bits per heavy atom. The van der Waals surface area contributed by atoms with Crippen molar-refractivity contribution in [3.8, 4) is 0 Å². The molecule has 0 aliphatic rings. The van der Waals surface area contributed by atoms with Gasteiger partial charge in [-0.2, -0.15) is 0 Å². The van der Waals surface area contributed by atoms with Crippen molar-refractivity contribution < 1.29 is 9.90 Å². The Kier molecular flexibility index (Phi) is 6.45. The van der Waals surface area contributed by atoms with Gasteiger partial charge >= 0.3 is 5.97 Å². The molecular weight excluding hydrogens is 294 g/mol. The third-order valence-electron chi connectivity index (χ3n) is 2.84. The Morgan fingerprint density at radius 1 is 1.05 bits per heavy atom. The van der Waals surface area contributed by atoms with Crippen LogP contribution in [-0.2, 0) is 11.2 Å². The molecule has 0 unspecified atom stereocenters. The summed E-state index contributed by atoms with van der Waals surface area (Å²) >= 11 is 1.28. The van der Waals surface area contributed by atoms with E-state index in [-0.39, 0.29) is 5.75 Å². The second kappa shape index (κ2) is 8.85. The number of rotatable bonds is 7. The average Bonchev–Trinajstić information content (AvgIpc) is 2.56. The molecule has 2 aromatic carbocycles. The molecule has 22 heavy (non-hydrogen) atoms. The van der Waals surface area contributed by atoms with E-state index >= 15 is 0 Å². The van der Waals surface area contributed by atoms with Crippen molar-refractivity contribution in [3.63, 3.8) is 0 Å². The van der Waals surface area contributed by atoms with Crippen LogP contribution in [0.15, 0.2) is 76.6 Å². The van der Waals surface area contributed by atoms with Crippen LogP contribution in [0.1, 0.15) is 5.56 Å². The van der Waals surface area contributed by atoms with Crippen LogP contribution >= 0.6 is 11.8 Å². The highest BCUT2D eigenvalue weighted by Crippen LogP contribution is 2.17. The lowest BCUT2D eigenvalue weighted by Crippen LogP contribution is -1.98. The lowest BCUT2D eigenvalue weighted by Gasteiger charge is -2.01. The molecule has 0 aliphatic carbocycles. The zero-order valence-electron chi connectivity index (χ0n) is 12.1. The predicted molar refractivity (Wildman–Crippen MR) is 92.9 cm³/mol. The minimum atomic E-state index is -0.830. The van der Waals surface area contributed by atoms with E-state index in [4.69, 9.17) is 5.11 Å². The number of carboxylic acids is 1. The number of hydrogen-bond donors (Lipinski definition) is 1. The van der Waals surface area contributed by atoms with Crippen molar-refractivity contribution in [1.82, 2.24) is 0 Å². The maximum Gasteiger partial charge on any atom is 0.313 e. The summed E-state index contributed by atoms with van der Waals surface area (Å²) in [5.41, 5.74) is 2.04. The summed E-state index contributed by atoms with van der Waals surface area (Å²) in [7, 11) is 0. The quantitative estimate of drug-likeness (QED) is 0.774. The van der Waals surface area contributed by atoms with Crippen LogP contribution in [-0.4, -0.2) is 23.0 Å². The van der Waals surface area contributed by atoms with E-state index in [1.807, 2.05) is 66.7 Å². The van der Waals surface area contributed by atoms with Crippen LogP contribution in [0, 0.1) is 0 Å². The van der Waals surface area contributed by atoms with E-state index in [0.717, 1.165) is 17.0 Å². The van der Waals surface area contributed by atoms with Crippen molar-refractivity contribution >= 4 is 29.6 Å². The van der Waals surface area contributed by atoms with Gasteiger partial charge in [-0.3, -0.25) is 9.79 Å².